The van der Waals surface area contributed by atoms with Crippen LogP contribution in [0.5, 0.6) is 5.75 Å². The molecule has 6 aromatic carbocycles. The minimum Gasteiger partial charge on any atom is -0.482 e. The second-order valence-electron chi connectivity index (χ2n) is 31.8. The van der Waals surface area contributed by atoms with E-state index in [1.807, 2.05) is 126 Å². The number of ether oxygens (including phenoxy) is 1. The first-order chi connectivity index (χ1) is 58.0. The molecule has 9 unspecified atom stereocenters. The van der Waals surface area contributed by atoms with Crippen LogP contribution in [0.25, 0.3) is 0 Å². The van der Waals surface area contributed by atoms with E-state index in [0.717, 1.165) is 99.5 Å². The molecule has 122 heavy (non-hydrogen) atoms. The van der Waals surface area contributed by atoms with Crippen LogP contribution in [0, 0.1) is 0 Å². The van der Waals surface area contributed by atoms with Crippen molar-refractivity contribution in [2.24, 2.45) is 0 Å². The van der Waals surface area contributed by atoms with Gasteiger partial charge in [0.2, 0.25) is 33.5 Å². The van der Waals surface area contributed by atoms with Crippen LogP contribution in [0.1, 0.15) is 213 Å². The SMILES string of the molecule is CC(C)(CO)c1ccc(N2C(=O)CC(Cl)C2Cc2cccc(OCC(=O)O)c2)cc1.CCC(O)c1ccc(N2C(=O)C(Cl)CC2CCSc2ncc(C(=O)O)s2)cc1.CCCC(O)c1ccc(N2C(=O)CC(=O)C2c2ccc(CCS(=O)(=O)NC)cc2)cc1.CCCCC(O)C(C)(C)c1ccc(N2C(=O)C(=O)CC2CCCc2ccc(C(=O)O)s2)cc1. The van der Waals surface area contributed by atoms with Crippen molar-refractivity contribution in [3.63, 3.8) is 0 Å². The molecule has 31 heteroatoms. The van der Waals surface area contributed by atoms with Crippen LogP contribution >= 0.6 is 57.6 Å². The Labute approximate surface area is 734 Å². The van der Waals surface area contributed by atoms with Crippen molar-refractivity contribution in [2.45, 2.75) is 220 Å². The number of rotatable bonds is 36. The van der Waals surface area contributed by atoms with Crippen LogP contribution in [-0.2, 0) is 73.7 Å². The number of hydrogen-bond donors (Lipinski definition) is 8. The lowest BCUT2D eigenvalue weighted by molar-refractivity contribution is -0.139. The fourth-order valence-corrected chi connectivity index (χ4v) is 19.1. The number of aliphatic hydroxyl groups excluding tert-OH is 4. The maximum atomic E-state index is 12.7. The zero-order chi connectivity index (χ0) is 88.9. The number of nitrogens with zero attached hydrogens (tertiary/aromatic N) is 5. The number of unbranched alkanes of at least 4 members (excludes halogenated alkanes) is 1. The monoisotopic (exact) mass is 1790 g/mol. The molecule has 12 rings (SSSR count). The van der Waals surface area contributed by atoms with E-state index in [1.54, 1.807) is 87.5 Å². The van der Waals surface area contributed by atoms with Gasteiger partial charge in [0.1, 0.15) is 26.9 Å². The second kappa shape index (κ2) is 44.4. The number of thiophene rings is 1. The first kappa shape index (κ1) is 96.6. The van der Waals surface area contributed by atoms with Crippen molar-refractivity contribution in [1.29, 1.82) is 0 Å². The topological polar surface area (TPSA) is 376 Å². The molecule has 0 saturated carbocycles. The number of amides is 4. The Morgan fingerprint density at radius 2 is 1.25 bits per heavy atom. The molecule has 9 atom stereocenters. The highest BCUT2D eigenvalue weighted by atomic mass is 35.5. The summed E-state index contributed by atoms with van der Waals surface area (Å²) in [5.41, 5.74) is 8.09. The lowest BCUT2D eigenvalue weighted by Crippen LogP contribution is -2.37. The normalized spacial score (nSPS) is 18.7. The molecule has 0 aliphatic carbocycles. The lowest BCUT2D eigenvalue weighted by Gasteiger charge is -2.32. The van der Waals surface area contributed by atoms with Crippen molar-refractivity contribution in [3.05, 3.63) is 217 Å². The third kappa shape index (κ3) is 25.5. The van der Waals surface area contributed by atoms with E-state index in [4.69, 9.17) is 43.3 Å². The quantitative estimate of drug-likeness (QED) is 0.00782. The predicted octanol–water partition coefficient (Wildman–Crippen LogP) is 15.2. The number of carbonyl (C=O) groups is 9. The number of aryl methyl sites for hydroxylation is 2. The van der Waals surface area contributed by atoms with Crippen LogP contribution in [-0.4, -0.2) is 169 Å². The van der Waals surface area contributed by atoms with Gasteiger partial charge >= 0.3 is 17.9 Å². The Balaban J connectivity index is 0.000000185. The number of alkyl halides is 2. The van der Waals surface area contributed by atoms with Gasteiger partial charge < -0.3 is 55.2 Å². The van der Waals surface area contributed by atoms with Crippen LogP contribution < -0.4 is 29.1 Å². The van der Waals surface area contributed by atoms with Crippen LogP contribution in [0.3, 0.4) is 0 Å². The molecular weight excluding hydrogens is 1680 g/mol. The van der Waals surface area contributed by atoms with Gasteiger partial charge in [0.25, 0.3) is 5.91 Å². The summed E-state index contributed by atoms with van der Waals surface area (Å²) >= 11 is 16.7. The largest absolute Gasteiger partial charge is 0.482 e. The molecular formula is C91H108Cl2N6O19S4. The number of anilines is 4. The number of benzene rings is 6. The number of aliphatic hydroxyl groups is 4. The highest BCUT2D eigenvalue weighted by Crippen LogP contribution is 2.41. The molecule has 4 fully saturated rings. The second-order valence-corrected chi connectivity index (χ2v) is 38.4. The van der Waals surface area contributed by atoms with E-state index < -0.39 is 75.6 Å². The highest BCUT2D eigenvalue weighted by molar-refractivity contribution is 8.01. The van der Waals surface area contributed by atoms with Crippen molar-refractivity contribution >= 4 is 144 Å². The maximum absolute atomic E-state index is 12.7. The summed E-state index contributed by atoms with van der Waals surface area (Å²) in [5.74, 6) is -3.21. The Bertz CT molecular complexity index is 5030. The number of nitrogens with one attached hydrogen (secondary N) is 1. The predicted molar refractivity (Wildman–Crippen MR) is 476 cm³/mol. The minimum absolute atomic E-state index is 0.0218. The number of ketones is 2. The summed E-state index contributed by atoms with van der Waals surface area (Å²) in [6.45, 7) is 13.6. The summed E-state index contributed by atoms with van der Waals surface area (Å²) in [5, 5.41) is 66.3. The van der Waals surface area contributed by atoms with Crippen molar-refractivity contribution in [2.75, 3.05) is 51.4 Å². The molecule has 2 aromatic heterocycles. The molecule has 25 nitrogen and oxygen atoms in total. The van der Waals surface area contributed by atoms with Gasteiger partial charge in [-0.1, -0.05) is 164 Å². The number of thiazole rings is 1. The standard InChI is InChI=1S/C26H33NO5S.C23H26ClNO5.C23H28N2O5S.C19H21ClN2O4S2/c1-4-5-9-23(29)26(2,3)17-10-12-18(13-11-17)27-19(16-21(28)24(27)30)7-6-8-20-14-15-22(33-20)25(31)32;1-23(2,14-26)16-6-8-17(9-7-16)25-20(19(24)12-21(25)27)11-15-4-3-5-18(10-15)30-13-22(28)29;1-3-4-20(26)17-9-11-19(12-10-17)25-22(28)15-21(27)23(25)18-7-5-16(6-8-18)13-14-31(29,30)24-2;1-2-15(23)11-3-5-12(6-4-11)22-13(9-14(20)17(22)24)7-8-27-19-21-10-16(28-19)18(25)26/h10-15,19,23,29H,4-9,16H2,1-3H3,(H,31,32);3-10,19-20,26H,11-14H2,1-2H3,(H,28,29);5-12,20,23-24,26H,3-4,13-15H2,1-2H3;3-6,10,13-15,23H,2,7-9H2,1H3,(H,25,26). The van der Waals surface area contributed by atoms with Gasteiger partial charge in [-0.25, -0.2) is 32.5 Å². The number of carboxylic acids is 3. The number of Topliss-reactive ketones (excluding diaryl/α,β-unsaturated/α-hetero) is 2. The fraction of sp³-hybridized carbons (Fsp3) is 0.429. The third-order valence-corrected chi connectivity index (χ3v) is 27.7. The molecule has 0 spiro atoms. The zero-order valence-corrected chi connectivity index (χ0v) is 74.4. The van der Waals surface area contributed by atoms with Crippen molar-refractivity contribution in [1.82, 2.24) is 9.71 Å². The molecule has 0 radical (unpaired) electrons. The number of aromatic nitrogens is 1. The van der Waals surface area contributed by atoms with Gasteiger partial charge in [-0.15, -0.1) is 45.9 Å². The number of sulfonamides is 1. The summed E-state index contributed by atoms with van der Waals surface area (Å²) in [6, 6.07) is 46.3. The van der Waals surface area contributed by atoms with Gasteiger partial charge in [0, 0.05) is 69.1 Å². The van der Waals surface area contributed by atoms with Crippen molar-refractivity contribution < 1.29 is 92.1 Å². The van der Waals surface area contributed by atoms with Gasteiger partial charge in [-0.2, -0.15) is 0 Å². The Morgan fingerprint density at radius 3 is 1.84 bits per heavy atom. The maximum Gasteiger partial charge on any atom is 0.347 e. The van der Waals surface area contributed by atoms with Crippen LogP contribution in [0.2, 0.25) is 0 Å². The number of hydrogen-bond acceptors (Lipinski definition) is 20. The van der Waals surface area contributed by atoms with Gasteiger partial charge in [0.15, 0.2) is 16.7 Å². The third-order valence-electron chi connectivity index (χ3n) is 22.3. The summed E-state index contributed by atoms with van der Waals surface area (Å²) in [4.78, 5) is 120. The first-order valence-electron chi connectivity index (χ1n) is 40.8. The minimum atomic E-state index is -3.29. The number of thioether (sulfide) groups is 1. The number of carbonyl (C=O) groups excluding carboxylic acids is 6. The molecule has 654 valence electrons. The van der Waals surface area contributed by atoms with E-state index in [2.05, 4.69) is 16.6 Å². The average molecular weight is 1790 g/mol. The number of carboxylic acid groups (broad SMARTS) is 3. The van der Waals surface area contributed by atoms with Crippen molar-refractivity contribution in [3.8, 4) is 5.75 Å². The molecule has 8 aromatic rings. The summed E-state index contributed by atoms with van der Waals surface area (Å²) in [6.07, 6.45) is 9.35. The fourth-order valence-electron chi connectivity index (χ4n) is 14.9. The molecule has 4 amide bonds. The molecule has 4 aliphatic heterocycles. The van der Waals surface area contributed by atoms with E-state index in [0.29, 0.717) is 82.6 Å². The Morgan fingerprint density at radius 1 is 0.648 bits per heavy atom. The van der Waals surface area contributed by atoms with Crippen LogP contribution in [0.4, 0.5) is 22.7 Å². The summed E-state index contributed by atoms with van der Waals surface area (Å²) < 4.78 is 31.5. The van der Waals surface area contributed by atoms with Gasteiger partial charge in [-0.3, -0.25) is 33.7 Å². The Hall–Kier alpha value is -9.24. The van der Waals surface area contributed by atoms with Gasteiger partial charge in [0.05, 0.1) is 54.7 Å². The molecule has 4 saturated heterocycles. The Kier molecular flexibility index (Phi) is 35.1. The van der Waals surface area contributed by atoms with E-state index in [9.17, 15) is 72.0 Å². The average Bonchev–Trinajstić information content (AvgIpc) is 1.62. The van der Waals surface area contributed by atoms with E-state index in [1.165, 1.54) is 41.2 Å². The number of aromatic carboxylic acids is 2. The molecule has 6 heterocycles. The first-order valence-corrected chi connectivity index (χ1v) is 45.9. The zero-order valence-electron chi connectivity index (χ0n) is 69.6. The smallest absolute Gasteiger partial charge is 0.347 e. The highest BCUT2D eigenvalue weighted by Gasteiger charge is 2.44. The van der Waals surface area contributed by atoms with Crippen LogP contribution in [0.15, 0.2) is 168 Å². The molecule has 4 aliphatic rings. The lowest BCUT2D eigenvalue weighted by atomic mass is 9.77. The van der Waals surface area contributed by atoms with E-state index >= 15 is 0 Å². The number of halogens is 2. The molecule has 8 N–H and O–H groups in total. The molecule has 0 bridgehead atoms. The number of aliphatic carboxylic acids is 1. The van der Waals surface area contributed by atoms with Gasteiger partial charge in [-0.05, 0) is 183 Å². The summed E-state index contributed by atoms with van der Waals surface area (Å²) in [7, 11) is -1.91. The van der Waals surface area contributed by atoms with E-state index in [-0.39, 0.29) is 94.7 Å².